The fourth-order valence-electron chi connectivity index (χ4n) is 2.02. The van der Waals surface area contributed by atoms with Gasteiger partial charge < -0.3 is 5.32 Å². The average Bonchev–Trinajstić information content (AvgIpc) is 2.70. The van der Waals surface area contributed by atoms with E-state index in [1.807, 2.05) is 20.8 Å². The molecular weight excluding hydrogens is 244 g/mol. The summed E-state index contributed by atoms with van der Waals surface area (Å²) in [5.74, 6) is -0.144. The summed E-state index contributed by atoms with van der Waals surface area (Å²) in [6, 6.07) is 4.13. The zero-order chi connectivity index (χ0) is 13.3. The minimum atomic E-state index is -0.144. The van der Waals surface area contributed by atoms with E-state index in [-0.39, 0.29) is 5.91 Å². The molecule has 0 aliphatic rings. The number of thiazole rings is 1. The number of nitrogens with zero attached hydrogens (tertiary/aromatic N) is 1. The first-order valence-corrected chi connectivity index (χ1v) is 6.66. The fraction of sp³-hybridized carbons (Fsp3) is 0.286. The molecule has 0 unspecified atom stereocenters. The maximum atomic E-state index is 12.0. The van der Waals surface area contributed by atoms with Gasteiger partial charge in [0.05, 0.1) is 5.01 Å². The molecule has 0 saturated carbocycles. The van der Waals surface area contributed by atoms with Crippen LogP contribution in [0, 0.1) is 27.7 Å². The molecule has 18 heavy (non-hydrogen) atoms. The molecule has 0 bridgehead atoms. The van der Waals surface area contributed by atoms with E-state index >= 15 is 0 Å². The number of rotatable bonds is 2. The van der Waals surface area contributed by atoms with Gasteiger partial charge in [0.15, 0.2) is 0 Å². The number of nitrogens with one attached hydrogen (secondary N) is 1. The third-order valence-corrected chi connectivity index (χ3v) is 3.54. The van der Waals surface area contributed by atoms with Gasteiger partial charge in [-0.05, 0) is 38.8 Å². The first kappa shape index (κ1) is 12.8. The Morgan fingerprint density at radius 3 is 2.28 bits per heavy atom. The summed E-state index contributed by atoms with van der Waals surface area (Å²) in [6.45, 7) is 7.95. The fourth-order valence-corrected chi connectivity index (χ4v) is 2.62. The average molecular weight is 260 g/mol. The predicted octanol–water partition coefficient (Wildman–Crippen LogP) is 3.63. The molecule has 2 aromatic rings. The standard InChI is InChI=1S/C14H16N2OS/c1-8-5-9(2)13(10(3)6-8)16-14(17)12-7-18-11(4)15-12/h5-7H,1-4H3,(H,16,17). The van der Waals surface area contributed by atoms with Crippen LogP contribution in [-0.4, -0.2) is 10.9 Å². The Morgan fingerprint density at radius 2 is 1.78 bits per heavy atom. The molecule has 94 valence electrons. The van der Waals surface area contributed by atoms with E-state index in [0.29, 0.717) is 5.69 Å². The molecule has 1 heterocycles. The lowest BCUT2D eigenvalue weighted by atomic mass is 10.1. The molecule has 2 rings (SSSR count). The van der Waals surface area contributed by atoms with Gasteiger partial charge in [0.1, 0.15) is 5.69 Å². The summed E-state index contributed by atoms with van der Waals surface area (Å²) in [5.41, 5.74) is 4.72. The molecule has 1 aromatic carbocycles. The van der Waals surface area contributed by atoms with Crippen LogP contribution < -0.4 is 5.32 Å². The number of benzene rings is 1. The third-order valence-electron chi connectivity index (χ3n) is 2.77. The third kappa shape index (κ3) is 2.59. The Morgan fingerprint density at radius 1 is 1.17 bits per heavy atom. The molecule has 0 radical (unpaired) electrons. The van der Waals surface area contributed by atoms with Crippen molar-refractivity contribution in [2.45, 2.75) is 27.7 Å². The highest BCUT2D eigenvalue weighted by Gasteiger charge is 2.12. The molecule has 1 aromatic heterocycles. The maximum absolute atomic E-state index is 12.0. The summed E-state index contributed by atoms with van der Waals surface area (Å²) in [5, 5.41) is 5.62. The molecular formula is C14H16N2OS. The highest BCUT2D eigenvalue weighted by molar-refractivity contribution is 7.09. The Labute approximate surface area is 111 Å². The number of aromatic nitrogens is 1. The van der Waals surface area contributed by atoms with Gasteiger partial charge >= 0.3 is 0 Å². The molecule has 1 amide bonds. The Bertz CT molecular complexity index is 579. The minimum Gasteiger partial charge on any atom is -0.320 e. The van der Waals surface area contributed by atoms with Gasteiger partial charge in [0.25, 0.3) is 5.91 Å². The summed E-state index contributed by atoms with van der Waals surface area (Å²) in [7, 11) is 0. The molecule has 0 spiro atoms. The molecule has 4 heteroatoms. The van der Waals surface area contributed by atoms with Crippen molar-refractivity contribution in [3.05, 3.63) is 44.9 Å². The molecule has 0 aliphatic carbocycles. The van der Waals surface area contributed by atoms with Crippen molar-refractivity contribution < 1.29 is 4.79 Å². The maximum Gasteiger partial charge on any atom is 0.275 e. The van der Waals surface area contributed by atoms with Gasteiger partial charge in [-0.1, -0.05) is 17.7 Å². The summed E-state index contributed by atoms with van der Waals surface area (Å²) in [4.78, 5) is 16.2. The lowest BCUT2D eigenvalue weighted by molar-refractivity contribution is 0.102. The van der Waals surface area contributed by atoms with Crippen LogP contribution in [0.2, 0.25) is 0 Å². The Hall–Kier alpha value is -1.68. The topological polar surface area (TPSA) is 42.0 Å². The SMILES string of the molecule is Cc1cc(C)c(NC(=O)c2csc(C)n2)c(C)c1. The van der Waals surface area contributed by atoms with E-state index < -0.39 is 0 Å². The number of carbonyl (C=O) groups is 1. The highest BCUT2D eigenvalue weighted by Crippen LogP contribution is 2.22. The number of hydrogen-bond donors (Lipinski definition) is 1. The number of hydrogen-bond acceptors (Lipinski definition) is 3. The van der Waals surface area contributed by atoms with Gasteiger partial charge in [-0.25, -0.2) is 4.98 Å². The molecule has 1 N–H and O–H groups in total. The van der Waals surface area contributed by atoms with Crippen LogP contribution in [0.5, 0.6) is 0 Å². The Kier molecular flexibility index (Phi) is 3.48. The van der Waals surface area contributed by atoms with Crippen LogP contribution in [0.1, 0.15) is 32.2 Å². The molecule has 3 nitrogen and oxygen atoms in total. The van der Waals surface area contributed by atoms with E-state index in [1.165, 1.54) is 16.9 Å². The smallest absolute Gasteiger partial charge is 0.275 e. The van der Waals surface area contributed by atoms with Crippen LogP contribution in [0.25, 0.3) is 0 Å². The molecule has 0 atom stereocenters. The van der Waals surface area contributed by atoms with Crippen molar-refractivity contribution >= 4 is 22.9 Å². The van der Waals surface area contributed by atoms with Gasteiger partial charge in [-0.3, -0.25) is 4.79 Å². The van der Waals surface area contributed by atoms with Crippen molar-refractivity contribution in [3.63, 3.8) is 0 Å². The van der Waals surface area contributed by atoms with E-state index in [2.05, 4.69) is 29.4 Å². The van der Waals surface area contributed by atoms with Crippen LogP contribution in [0.3, 0.4) is 0 Å². The zero-order valence-corrected chi connectivity index (χ0v) is 11.8. The molecule has 0 saturated heterocycles. The van der Waals surface area contributed by atoms with E-state index in [1.54, 1.807) is 5.38 Å². The quantitative estimate of drug-likeness (QED) is 0.896. The van der Waals surface area contributed by atoms with Crippen molar-refractivity contribution in [1.29, 1.82) is 0 Å². The van der Waals surface area contributed by atoms with Gasteiger partial charge in [-0.15, -0.1) is 11.3 Å². The van der Waals surface area contributed by atoms with E-state index in [4.69, 9.17) is 0 Å². The minimum absolute atomic E-state index is 0.144. The van der Waals surface area contributed by atoms with Crippen molar-refractivity contribution in [1.82, 2.24) is 4.98 Å². The van der Waals surface area contributed by atoms with Gasteiger partial charge in [-0.2, -0.15) is 0 Å². The van der Waals surface area contributed by atoms with E-state index in [9.17, 15) is 4.79 Å². The van der Waals surface area contributed by atoms with Gasteiger partial charge in [0.2, 0.25) is 0 Å². The molecule has 0 fully saturated rings. The predicted molar refractivity (Wildman–Crippen MR) is 75.5 cm³/mol. The summed E-state index contributed by atoms with van der Waals surface area (Å²) >= 11 is 1.48. The van der Waals surface area contributed by atoms with Crippen LogP contribution in [-0.2, 0) is 0 Å². The number of amides is 1. The lowest BCUT2D eigenvalue weighted by Gasteiger charge is -2.11. The number of carbonyl (C=O) groups excluding carboxylic acids is 1. The lowest BCUT2D eigenvalue weighted by Crippen LogP contribution is -2.14. The largest absolute Gasteiger partial charge is 0.320 e. The second-order valence-electron chi connectivity index (χ2n) is 4.48. The summed E-state index contributed by atoms with van der Waals surface area (Å²) in [6.07, 6.45) is 0. The zero-order valence-electron chi connectivity index (χ0n) is 11.0. The highest BCUT2D eigenvalue weighted by atomic mass is 32.1. The van der Waals surface area contributed by atoms with E-state index in [0.717, 1.165) is 21.8 Å². The van der Waals surface area contributed by atoms with Crippen molar-refractivity contribution in [3.8, 4) is 0 Å². The molecule has 0 aliphatic heterocycles. The monoisotopic (exact) mass is 260 g/mol. The summed E-state index contributed by atoms with van der Waals surface area (Å²) < 4.78 is 0. The first-order chi connectivity index (χ1) is 8.47. The van der Waals surface area contributed by atoms with Crippen LogP contribution >= 0.6 is 11.3 Å². The van der Waals surface area contributed by atoms with Crippen LogP contribution in [0.4, 0.5) is 5.69 Å². The number of anilines is 1. The van der Waals surface area contributed by atoms with Crippen molar-refractivity contribution in [2.24, 2.45) is 0 Å². The second-order valence-corrected chi connectivity index (χ2v) is 5.54. The first-order valence-electron chi connectivity index (χ1n) is 5.78. The number of aryl methyl sites for hydroxylation is 4. The van der Waals surface area contributed by atoms with Crippen LogP contribution in [0.15, 0.2) is 17.5 Å². The van der Waals surface area contributed by atoms with Crippen molar-refractivity contribution in [2.75, 3.05) is 5.32 Å². The second kappa shape index (κ2) is 4.90. The van der Waals surface area contributed by atoms with Gasteiger partial charge in [0, 0.05) is 11.1 Å². The normalized spacial score (nSPS) is 10.4. The Balaban J connectivity index is 2.27.